The lowest BCUT2D eigenvalue weighted by atomic mass is 9.95. The summed E-state index contributed by atoms with van der Waals surface area (Å²) in [6.45, 7) is 22.1. The number of hydrogen-bond donors (Lipinski definition) is 2. The van der Waals surface area contributed by atoms with Gasteiger partial charge in [-0.3, -0.25) is 14.4 Å². The molecule has 2 aromatic heterocycles. The molecule has 4 unspecified atom stereocenters. The molecule has 446 valence electrons. The smallest absolute Gasteiger partial charge is 0.276 e. The van der Waals surface area contributed by atoms with E-state index in [0.717, 1.165) is 112 Å². The Morgan fingerprint density at radius 3 is 1.30 bits per heavy atom. The lowest BCUT2D eigenvalue weighted by Gasteiger charge is -2.31. The first-order chi connectivity index (χ1) is 39.9. The maximum Gasteiger partial charge on any atom is 0.276 e. The van der Waals surface area contributed by atoms with E-state index < -0.39 is 32.9 Å². The summed E-state index contributed by atoms with van der Waals surface area (Å²) >= 11 is 0. The molecule has 0 bridgehead atoms. The number of azo groups is 2. The third-order valence-electron chi connectivity index (χ3n) is 16.2. The van der Waals surface area contributed by atoms with Crippen LogP contribution in [0.2, 0.25) is 0 Å². The van der Waals surface area contributed by atoms with Gasteiger partial charge in [0, 0.05) is 42.9 Å². The standard InChI is InChI=1S/C65H88N10O7S/c1-11-19-25-47(15-5)41-72(42-48(16-6)26-20-12-2)61(76)51-29-23-30-52(37-51)68-70-59-45(9)57(39-66)62(77)74(64(59)79)54-33-35-55(36-34-54)75-63(78)58(40-67)46(10)60(65(75)80)71-69-53-31-24-32-56(38-53)83(81,82)73(43-49(17-7)27-21-13-3)44-50(18-8)28-22-14-4/h23-24,29-38,47-50,79-80H,11-22,25-28,41-44H2,1-10H3. The molecule has 0 aliphatic carbocycles. The molecule has 0 aliphatic heterocycles. The highest BCUT2D eigenvalue weighted by Gasteiger charge is 2.30. The van der Waals surface area contributed by atoms with Gasteiger partial charge in [-0.25, -0.2) is 17.6 Å². The number of nitrogens with zero attached hydrogens (tertiary/aromatic N) is 10. The number of nitriles is 2. The SMILES string of the molecule is CCCCC(CC)CN(CC(CC)CCCC)C(=O)c1cccc(N=Nc2c(C)c(C#N)c(=O)n(-c3ccc(-n4c(O)c(N=Nc5cccc(S(=O)(=O)N(CC(CC)CCCC)CC(CC)CCCC)c5)c(C)c(C#N)c4=O)cc3)c2O)c1. The Morgan fingerprint density at radius 1 is 0.554 bits per heavy atom. The van der Waals surface area contributed by atoms with Crippen LogP contribution in [0.25, 0.3) is 11.4 Å². The molecule has 0 fully saturated rings. The molecule has 4 atom stereocenters. The first-order valence-electron chi connectivity index (χ1n) is 30.1. The molecule has 83 heavy (non-hydrogen) atoms. The number of rotatable bonds is 33. The normalized spacial score (nSPS) is 13.3. The second kappa shape index (κ2) is 32.5. The predicted molar refractivity (Wildman–Crippen MR) is 329 cm³/mol. The van der Waals surface area contributed by atoms with Crippen molar-refractivity contribution in [2.75, 3.05) is 26.2 Å². The van der Waals surface area contributed by atoms with Gasteiger partial charge in [-0.05, 0) is 124 Å². The molecule has 2 N–H and O–H groups in total. The third-order valence-corrected chi connectivity index (χ3v) is 18.0. The van der Waals surface area contributed by atoms with Crippen LogP contribution in [-0.4, -0.2) is 69.1 Å². The van der Waals surface area contributed by atoms with Crippen LogP contribution in [0, 0.1) is 60.2 Å². The van der Waals surface area contributed by atoms with Crippen LogP contribution in [0.1, 0.15) is 191 Å². The minimum atomic E-state index is -3.99. The molecule has 0 radical (unpaired) electrons. The molecule has 18 heteroatoms. The minimum absolute atomic E-state index is 0.0323. The van der Waals surface area contributed by atoms with Gasteiger partial charge in [-0.1, -0.05) is 145 Å². The second-order valence-corrected chi connectivity index (χ2v) is 23.9. The Hall–Kier alpha value is -7.28. The largest absolute Gasteiger partial charge is 0.493 e. The number of aromatic nitrogens is 2. The first-order valence-corrected chi connectivity index (χ1v) is 31.6. The van der Waals surface area contributed by atoms with Crippen LogP contribution in [0.5, 0.6) is 11.8 Å². The van der Waals surface area contributed by atoms with Crippen molar-refractivity contribution in [1.29, 1.82) is 10.5 Å². The van der Waals surface area contributed by atoms with Crippen molar-refractivity contribution < 1.29 is 23.4 Å². The summed E-state index contributed by atoms with van der Waals surface area (Å²) in [4.78, 5) is 44.3. The van der Waals surface area contributed by atoms with Crippen molar-refractivity contribution in [3.63, 3.8) is 0 Å². The Labute approximate surface area is 492 Å². The summed E-state index contributed by atoms with van der Waals surface area (Å²) in [5.74, 6) is -0.302. The zero-order chi connectivity index (χ0) is 60.8. The molecule has 3 aromatic carbocycles. The molecule has 0 saturated carbocycles. The van der Waals surface area contributed by atoms with Gasteiger partial charge in [-0.15, -0.1) is 10.2 Å². The average molecular weight is 1150 g/mol. The van der Waals surface area contributed by atoms with E-state index in [2.05, 4.69) is 75.8 Å². The van der Waals surface area contributed by atoms with Crippen LogP contribution in [0.3, 0.4) is 0 Å². The van der Waals surface area contributed by atoms with Crippen LogP contribution < -0.4 is 11.1 Å². The number of carbonyl (C=O) groups is 1. The minimum Gasteiger partial charge on any atom is -0.493 e. The number of amides is 1. The van der Waals surface area contributed by atoms with E-state index in [1.807, 2.05) is 17.0 Å². The summed E-state index contributed by atoms with van der Waals surface area (Å²) in [5, 5.41) is 61.5. The second-order valence-electron chi connectivity index (χ2n) is 22.0. The number of sulfonamides is 1. The fourth-order valence-corrected chi connectivity index (χ4v) is 12.2. The van der Waals surface area contributed by atoms with Crippen molar-refractivity contribution in [3.8, 4) is 35.3 Å². The van der Waals surface area contributed by atoms with E-state index >= 15 is 0 Å². The van der Waals surface area contributed by atoms with Gasteiger partial charge in [0.15, 0.2) is 11.4 Å². The highest BCUT2D eigenvalue weighted by atomic mass is 32.2. The van der Waals surface area contributed by atoms with Gasteiger partial charge in [0.1, 0.15) is 23.3 Å². The number of hydrogen-bond acceptors (Lipinski definition) is 13. The predicted octanol–water partition coefficient (Wildman–Crippen LogP) is 15.9. The van der Waals surface area contributed by atoms with E-state index in [0.29, 0.717) is 49.3 Å². The quantitative estimate of drug-likeness (QED) is 0.0379. The fourth-order valence-electron chi connectivity index (χ4n) is 10.6. The summed E-state index contributed by atoms with van der Waals surface area (Å²) < 4.78 is 32.5. The Kier molecular flexibility index (Phi) is 26.1. The van der Waals surface area contributed by atoms with Crippen molar-refractivity contribution in [2.24, 2.45) is 44.1 Å². The maximum atomic E-state index is 14.6. The number of benzene rings is 3. The van der Waals surface area contributed by atoms with Crippen molar-refractivity contribution in [3.05, 3.63) is 121 Å². The number of carbonyl (C=O) groups excluding carboxylic acids is 1. The van der Waals surface area contributed by atoms with Gasteiger partial charge < -0.3 is 15.1 Å². The molecule has 5 aromatic rings. The van der Waals surface area contributed by atoms with Crippen molar-refractivity contribution >= 4 is 38.7 Å². The third kappa shape index (κ3) is 16.9. The van der Waals surface area contributed by atoms with Gasteiger partial charge in [0.05, 0.1) is 27.6 Å². The zero-order valence-electron chi connectivity index (χ0n) is 50.7. The topological polar surface area (TPSA) is 239 Å². The zero-order valence-corrected chi connectivity index (χ0v) is 51.5. The van der Waals surface area contributed by atoms with E-state index in [4.69, 9.17) is 0 Å². The van der Waals surface area contributed by atoms with Gasteiger partial charge >= 0.3 is 0 Å². The number of aromatic hydroxyl groups is 2. The lowest BCUT2D eigenvalue weighted by Crippen LogP contribution is -2.39. The average Bonchev–Trinajstić information content (AvgIpc) is 3.49. The van der Waals surface area contributed by atoms with Crippen LogP contribution in [0.15, 0.2) is 108 Å². The van der Waals surface area contributed by atoms with Gasteiger partial charge in [-0.2, -0.15) is 25.1 Å². The van der Waals surface area contributed by atoms with Crippen molar-refractivity contribution in [1.82, 2.24) is 18.3 Å². The molecular formula is C65H88N10O7S. The van der Waals surface area contributed by atoms with E-state index in [1.54, 1.807) is 40.7 Å². The number of unbranched alkanes of at least 4 members (excludes halogenated alkanes) is 4. The maximum absolute atomic E-state index is 14.6. The van der Waals surface area contributed by atoms with Crippen LogP contribution in [-0.2, 0) is 10.0 Å². The Balaban J connectivity index is 1.50. The summed E-state index contributed by atoms with van der Waals surface area (Å²) in [6.07, 6.45) is 15.9. The van der Waals surface area contributed by atoms with Gasteiger partial charge in [0.2, 0.25) is 21.8 Å². The molecule has 2 heterocycles. The van der Waals surface area contributed by atoms with E-state index in [-0.39, 0.29) is 73.3 Å². The van der Waals surface area contributed by atoms with E-state index in [1.165, 1.54) is 50.2 Å². The van der Waals surface area contributed by atoms with Crippen LogP contribution in [0.4, 0.5) is 22.7 Å². The van der Waals surface area contributed by atoms with Crippen molar-refractivity contribution in [2.45, 2.75) is 177 Å². The lowest BCUT2D eigenvalue weighted by molar-refractivity contribution is 0.0685. The van der Waals surface area contributed by atoms with Crippen LogP contribution >= 0.6 is 0 Å². The summed E-state index contributed by atoms with van der Waals surface area (Å²) in [7, 11) is -3.99. The Bertz CT molecular complexity index is 3320. The fraction of sp³-hybridized carbons (Fsp3) is 0.523. The van der Waals surface area contributed by atoms with E-state index in [9.17, 15) is 43.5 Å². The molecule has 0 aliphatic rings. The summed E-state index contributed by atoms with van der Waals surface area (Å²) in [5.41, 5.74) is -1.70. The Morgan fingerprint density at radius 2 is 0.928 bits per heavy atom. The molecule has 0 spiro atoms. The van der Waals surface area contributed by atoms with Gasteiger partial charge in [0.25, 0.3) is 17.0 Å². The highest BCUT2D eigenvalue weighted by Crippen LogP contribution is 2.37. The monoisotopic (exact) mass is 1150 g/mol. The number of pyridine rings is 2. The molecule has 0 saturated heterocycles. The molecule has 5 rings (SSSR count). The molecular weight excluding hydrogens is 1060 g/mol. The highest BCUT2D eigenvalue weighted by molar-refractivity contribution is 7.89. The molecule has 17 nitrogen and oxygen atoms in total. The summed E-state index contributed by atoms with van der Waals surface area (Å²) in [6, 6.07) is 22.2. The molecule has 1 amide bonds. The first kappa shape index (κ1) is 66.5.